The lowest BCUT2D eigenvalue weighted by Gasteiger charge is -2.08. The van der Waals surface area contributed by atoms with E-state index in [1.807, 2.05) is 38.4 Å². The highest BCUT2D eigenvalue weighted by Crippen LogP contribution is 2.28. The van der Waals surface area contributed by atoms with Gasteiger partial charge >= 0.3 is 0 Å². The third-order valence-corrected chi connectivity index (χ3v) is 3.19. The lowest BCUT2D eigenvalue weighted by molar-refractivity contribution is 0.871. The zero-order valence-corrected chi connectivity index (χ0v) is 11.6. The number of para-hydroxylation sites is 1. The van der Waals surface area contributed by atoms with Crippen molar-refractivity contribution in [2.45, 2.75) is 0 Å². The first-order valence-electron chi connectivity index (χ1n) is 5.27. The molecule has 0 aliphatic heterocycles. The summed E-state index contributed by atoms with van der Waals surface area (Å²) < 4.78 is 2.44. The monoisotopic (exact) mass is 305 g/mol. The molecule has 0 saturated carbocycles. The summed E-state index contributed by atoms with van der Waals surface area (Å²) in [6.07, 6.45) is 0. The van der Waals surface area contributed by atoms with Gasteiger partial charge in [0, 0.05) is 18.6 Å². The maximum absolute atomic E-state index is 9.16. The van der Waals surface area contributed by atoms with Gasteiger partial charge in [0.2, 0.25) is 0 Å². The molecule has 0 fully saturated rings. The standard InChI is InChI=1S/C12H12BrN5/c1-17(2)12-8(7-14)11(15)18(16-12)10-6-4-3-5-9(10)13/h3-6H,15H2,1-2H3. The molecule has 5 nitrogen and oxygen atoms in total. The predicted octanol–water partition coefficient (Wildman–Crippen LogP) is 2.15. The van der Waals surface area contributed by atoms with Crippen molar-refractivity contribution in [3.05, 3.63) is 34.3 Å². The number of rotatable bonds is 2. The Morgan fingerprint density at radius 3 is 2.56 bits per heavy atom. The topological polar surface area (TPSA) is 70.9 Å². The van der Waals surface area contributed by atoms with Crippen molar-refractivity contribution in [1.82, 2.24) is 9.78 Å². The first-order valence-corrected chi connectivity index (χ1v) is 6.06. The first-order chi connectivity index (χ1) is 8.56. The van der Waals surface area contributed by atoms with Crippen molar-refractivity contribution in [1.29, 1.82) is 5.26 Å². The largest absolute Gasteiger partial charge is 0.382 e. The van der Waals surface area contributed by atoms with Crippen LogP contribution in [0.3, 0.4) is 0 Å². The zero-order valence-electron chi connectivity index (χ0n) is 10.1. The molecule has 0 aliphatic rings. The number of nitrogens with zero attached hydrogens (tertiary/aromatic N) is 4. The predicted molar refractivity (Wildman–Crippen MR) is 74.7 cm³/mol. The molecule has 2 rings (SSSR count). The third kappa shape index (κ3) is 1.93. The lowest BCUT2D eigenvalue weighted by atomic mass is 10.3. The van der Waals surface area contributed by atoms with Crippen molar-refractivity contribution in [2.75, 3.05) is 24.7 Å². The Labute approximate surface area is 114 Å². The van der Waals surface area contributed by atoms with Crippen molar-refractivity contribution in [3.8, 4) is 11.8 Å². The van der Waals surface area contributed by atoms with E-state index in [4.69, 9.17) is 11.0 Å². The van der Waals surface area contributed by atoms with E-state index in [-0.39, 0.29) is 0 Å². The molecule has 0 spiro atoms. The smallest absolute Gasteiger partial charge is 0.170 e. The summed E-state index contributed by atoms with van der Waals surface area (Å²) >= 11 is 3.45. The molecule has 6 heteroatoms. The van der Waals surface area contributed by atoms with Gasteiger partial charge in [-0.2, -0.15) is 5.26 Å². The van der Waals surface area contributed by atoms with Gasteiger partial charge in [0.1, 0.15) is 17.5 Å². The van der Waals surface area contributed by atoms with Crippen molar-refractivity contribution < 1.29 is 0 Å². The highest BCUT2D eigenvalue weighted by molar-refractivity contribution is 9.10. The number of hydrogen-bond acceptors (Lipinski definition) is 4. The molecule has 18 heavy (non-hydrogen) atoms. The summed E-state index contributed by atoms with van der Waals surface area (Å²) in [6.45, 7) is 0. The van der Waals surface area contributed by atoms with Crippen LogP contribution in [0.5, 0.6) is 0 Å². The number of nitrogen functional groups attached to an aromatic ring is 1. The number of anilines is 2. The van der Waals surface area contributed by atoms with Gasteiger partial charge in [-0.15, -0.1) is 5.10 Å². The average molecular weight is 306 g/mol. The Morgan fingerprint density at radius 2 is 2.06 bits per heavy atom. The molecular weight excluding hydrogens is 294 g/mol. The fourth-order valence-electron chi connectivity index (χ4n) is 1.65. The van der Waals surface area contributed by atoms with E-state index in [0.717, 1.165) is 10.2 Å². The Hall–Kier alpha value is -2.00. The van der Waals surface area contributed by atoms with E-state index in [0.29, 0.717) is 17.2 Å². The van der Waals surface area contributed by atoms with E-state index < -0.39 is 0 Å². The summed E-state index contributed by atoms with van der Waals surface area (Å²) in [5.41, 5.74) is 7.17. The Bertz CT molecular complexity index is 624. The molecule has 92 valence electrons. The van der Waals surface area contributed by atoms with Crippen LogP contribution in [0.4, 0.5) is 11.6 Å². The minimum Gasteiger partial charge on any atom is -0.382 e. The molecule has 0 unspecified atom stereocenters. The lowest BCUT2D eigenvalue weighted by Crippen LogP contribution is -2.11. The second kappa shape index (κ2) is 4.70. The van der Waals surface area contributed by atoms with Crippen LogP contribution in [-0.4, -0.2) is 23.9 Å². The molecular formula is C12H12BrN5. The minimum absolute atomic E-state index is 0.341. The molecule has 2 N–H and O–H groups in total. The maximum Gasteiger partial charge on any atom is 0.170 e. The van der Waals surface area contributed by atoms with Gasteiger partial charge in [-0.1, -0.05) is 12.1 Å². The molecule has 1 aromatic heterocycles. The summed E-state index contributed by atoms with van der Waals surface area (Å²) in [5, 5.41) is 13.5. The fourth-order valence-corrected chi connectivity index (χ4v) is 2.10. The second-order valence-electron chi connectivity index (χ2n) is 3.95. The highest BCUT2D eigenvalue weighted by atomic mass is 79.9. The number of halogens is 1. The number of nitriles is 1. The molecule has 0 bridgehead atoms. The molecule has 0 radical (unpaired) electrons. The molecule has 0 aliphatic carbocycles. The van der Waals surface area contributed by atoms with Crippen LogP contribution in [0.25, 0.3) is 5.69 Å². The Kier molecular flexibility index (Phi) is 3.26. The summed E-state index contributed by atoms with van der Waals surface area (Å²) in [6, 6.07) is 9.67. The van der Waals surface area contributed by atoms with Crippen LogP contribution >= 0.6 is 15.9 Å². The second-order valence-corrected chi connectivity index (χ2v) is 4.81. The number of nitrogens with two attached hydrogens (primary N) is 1. The van der Waals surface area contributed by atoms with Crippen LogP contribution in [0.15, 0.2) is 28.7 Å². The van der Waals surface area contributed by atoms with Crippen LogP contribution in [0, 0.1) is 11.3 Å². The van der Waals surface area contributed by atoms with Crippen molar-refractivity contribution >= 4 is 27.6 Å². The molecule has 0 atom stereocenters. The fraction of sp³-hybridized carbons (Fsp3) is 0.167. The van der Waals surface area contributed by atoms with Crippen LogP contribution in [-0.2, 0) is 0 Å². The summed E-state index contributed by atoms with van der Waals surface area (Å²) in [4.78, 5) is 1.77. The number of aromatic nitrogens is 2. The number of hydrogen-bond donors (Lipinski definition) is 1. The van der Waals surface area contributed by atoms with E-state index in [1.165, 1.54) is 0 Å². The zero-order chi connectivity index (χ0) is 13.3. The van der Waals surface area contributed by atoms with Crippen LogP contribution < -0.4 is 10.6 Å². The molecule has 2 aromatic rings. The van der Waals surface area contributed by atoms with Gasteiger partial charge in [-0.3, -0.25) is 0 Å². The molecule has 0 amide bonds. The first kappa shape index (κ1) is 12.5. The molecule has 1 aromatic carbocycles. The maximum atomic E-state index is 9.16. The summed E-state index contributed by atoms with van der Waals surface area (Å²) in [5.74, 6) is 0.902. The minimum atomic E-state index is 0.341. The SMILES string of the molecule is CN(C)c1nn(-c2ccccc2Br)c(N)c1C#N. The van der Waals surface area contributed by atoms with Gasteiger partial charge in [-0.25, -0.2) is 4.68 Å². The average Bonchev–Trinajstić information content (AvgIpc) is 2.67. The van der Waals surface area contributed by atoms with E-state index in [2.05, 4.69) is 27.1 Å². The van der Waals surface area contributed by atoms with Gasteiger partial charge in [0.15, 0.2) is 5.82 Å². The van der Waals surface area contributed by atoms with Crippen LogP contribution in [0.1, 0.15) is 5.56 Å². The van der Waals surface area contributed by atoms with Crippen molar-refractivity contribution in [2.24, 2.45) is 0 Å². The van der Waals surface area contributed by atoms with Gasteiger partial charge in [-0.05, 0) is 28.1 Å². The Morgan fingerprint density at radius 1 is 1.39 bits per heavy atom. The normalized spacial score (nSPS) is 10.1. The van der Waals surface area contributed by atoms with E-state index in [1.54, 1.807) is 9.58 Å². The summed E-state index contributed by atoms with van der Waals surface area (Å²) in [7, 11) is 3.65. The molecule has 0 saturated heterocycles. The Balaban J connectivity index is 2.68. The van der Waals surface area contributed by atoms with Crippen molar-refractivity contribution in [3.63, 3.8) is 0 Å². The van der Waals surface area contributed by atoms with Gasteiger partial charge in [0.25, 0.3) is 0 Å². The highest BCUT2D eigenvalue weighted by Gasteiger charge is 2.18. The van der Waals surface area contributed by atoms with Crippen LogP contribution in [0.2, 0.25) is 0 Å². The van der Waals surface area contributed by atoms with Gasteiger partial charge < -0.3 is 10.6 Å². The van der Waals surface area contributed by atoms with Gasteiger partial charge in [0.05, 0.1) is 5.69 Å². The third-order valence-electron chi connectivity index (χ3n) is 2.52. The molecule has 1 heterocycles. The van der Waals surface area contributed by atoms with E-state index >= 15 is 0 Å². The number of benzene rings is 1. The van der Waals surface area contributed by atoms with E-state index in [9.17, 15) is 0 Å². The quantitative estimate of drug-likeness (QED) is 0.923.